The number of pyridine rings is 2. The zero-order valence-electron chi connectivity index (χ0n) is 18.3. The molecule has 0 spiro atoms. The lowest BCUT2D eigenvalue weighted by Gasteiger charge is -2.15. The summed E-state index contributed by atoms with van der Waals surface area (Å²) >= 11 is 0. The van der Waals surface area contributed by atoms with Crippen molar-refractivity contribution in [2.45, 2.75) is 33.5 Å². The Kier molecular flexibility index (Phi) is 5.66. The molecule has 0 saturated heterocycles. The number of rotatable bonds is 4. The number of carbonyl (C=O) groups excluding carboxylic acids is 1. The minimum Gasteiger partial charge on any atom is -0.327 e. The van der Waals surface area contributed by atoms with Crippen LogP contribution < -0.4 is 5.43 Å². The molecule has 0 saturated carbocycles. The molecule has 33 heavy (non-hydrogen) atoms. The second-order valence-electron chi connectivity index (χ2n) is 8.17. The lowest BCUT2D eigenvalue weighted by atomic mass is 9.97. The molecule has 0 bridgehead atoms. The van der Waals surface area contributed by atoms with Crippen molar-refractivity contribution in [2.75, 3.05) is 0 Å². The summed E-state index contributed by atoms with van der Waals surface area (Å²) in [5.74, 6) is -0.433. The van der Waals surface area contributed by atoms with Gasteiger partial charge in [0.15, 0.2) is 5.78 Å². The molecular formula is C26H21F3N2O2. The number of aromatic nitrogens is 2. The summed E-state index contributed by atoms with van der Waals surface area (Å²) in [6, 6.07) is 13.6. The van der Waals surface area contributed by atoms with Crippen molar-refractivity contribution in [1.82, 2.24) is 9.55 Å². The van der Waals surface area contributed by atoms with Crippen molar-refractivity contribution in [3.05, 3.63) is 110 Å². The summed E-state index contributed by atoms with van der Waals surface area (Å²) in [4.78, 5) is 31.0. The van der Waals surface area contributed by atoms with E-state index in [-0.39, 0.29) is 17.5 Å². The number of nitrogens with zero attached hydrogens (tertiary/aromatic N) is 2. The molecular weight excluding hydrogens is 429 g/mol. The number of aryl methyl sites for hydroxylation is 3. The van der Waals surface area contributed by atoms with Gasteiger partial charge in [-0.05, 0) is 56.2 Å². The van der Waals surface area contributed by atoms with Gasteiger partial charge in [0, 0.05) is 24.0 Å². The van der Waals surface area contributed by atoms with E-state index in [2.05, 4.69) is 4.98 Å². The first kappa shape index (κ1) is 22.5. The molecule has 0 fully saturated rings. The smallest absolute Gasteiger partial charge is 0.327 e. The SMILES string of the molecule is Cc1ccc(C(=O)c2cn(Cc3cccc(C(F)(F)F)c3)c3nc(C)ccc3c2=O)c(C)c1. The minimum absolute atomic E-state index is 0.0182. The van der Waals surface area contributed by atoms with Crippen molar-refractivity contribution >= 4 is 16.8 Å². The normalized spacial score (nSPS) is 11.7. The maximum atomic E-state index is 13.3. The minimum atomic E-state index is -4.47. The van der Waals surface area contributed by atoms with Gasteiger partial charge in [-0.25, -0.2) is 4.98 Å². The van der Waals surface area contributed by atoms with E-state index in [0.717, 1.165) is 23.3 Å². The highest BCUT2D eigenvalue weighted by atomic mass is 19.4. The summed E-state index contributed by atoms with van der Waals surface area (Å²) < 4.78 is 41.1. The van der Waals surface area contributed by atoms with Crippen molar-refractivity contribution in [1.29, 1.82) is 0 Å². The van der Waals surface area contributed by atoms with Gasteiger partial charge in [0.2, 0.25) is 5.43 Å². The number of halogens is 3. The molecule has 2 aromatic carbocycles. The van der Waals surface area contributed by atoms with Crippen LogP contribution in [0.25, 0.3) is 11.0 Å². The second kappa shape index (κ2) is 8.31. The molecule has 2 aromatic heterocycles. The Morgan fingerprint density at radius 3 is 2.42 bits per heavy atom. The van der Waals surface area contributed by atoms with Crippen molar-refractivity contribution in [2.24, 2.45) is 0 Å². The molecule has 7 heteroatoms. The predicted molar refractivity (Wildman–Crippen MR) is 121 cm³/mol. The lowest BCUT2D eigenvalue weighted by molar-refractivity contribution is -0.137. The van der Waals surface area contributed by atoms with Crippen molar-refractivity contribution in [3.8, 4) is 0 Å². The Morgan fingerprint density at radius 2 is 1.73 bits per heavy atom. The van der Waals surface area contributed by atoms with Crippen LogP contribution in [-0.4, -0.2) is 15.3 Å². The van der Waals surface area contributed by atoms with Crippen LogP contribution in [0, 0.1) is 20.8 Å². The monoisotopic (exact) mass is 450 g/mol. The van der Waals surface area contributed by atoms with Gasteiger partial charge in [0.1, 0.15) is 5.65 Å². The third-order valence-electron chi connectivity index (χ3n) is 5.54. The van der Waals surface area contributed by atoms with Crippen LogP contribution >= 0.6 is 0 Å². The highest BCUT2D eigenvalue weighted by molar-refractivity contribution is 6.10. The molecule has 0 atom stereocenters. The van der Waals surface area contributed by atoms with E-state index in [1.807, 2.05) is 13.0 Å². The average molecular weight is 450 g/mol. The largest absolute Gasteiger partial charge is 0.416 e. The van der Waals surface area contributed by atoms with Gasteiger partial charge >= 0.3 is 6.18 Å². The summed E-state index contributed by atoms with van der Waals surface area (Å²) in [6.45, 7) is 5.48. The third-order valence-corrected chi connectivity index (χ3v) is 5.54. The molecule has 2 heterocycles. The van der Waals surface area contributed by atoms with Crippen LogP contribution in [0.4, 0.5) is 13.2 Å². The van der Waals surface area contributed by atoms with E-state index in [9.17, 15) is 22.8 Å². The molecule has 0 amide bonds. The van der Waals surface area contributed by atoms with Crippen molar-refractivity contribution < 1.29 is 18.0 Å². The summed E-state index contributed by atoms with van der Waals surface area (Å²) in [5, 5.41) is 0.239. The molecule has 0 aliphatic rings. The van der Waals surface area contributed by atoms with E-state index in [1.165, 1.54) is 12.3 Å². The molecule has 4 rings (SSSR count). The number of hydrogen-bond acceptors (Lipinski definition) is 3. The maximum absolute atomic E-state index is 13.3. The fourth-order valence-corrected chi connectivity index (χ4v) is 3.90. The fraction of sp³-hybridized carbons (Fsp3) is 0.192. The molecule has 0 aliphatic heterocycles. The summed E-state index contributed by atoms with van der Waals surface area (Å²) in [6.07, 6.45) is -3.07. The van der Waals surface area contributed by atoms with Gasteiger partial charge in [0.05, 0.1) is 16.5 Å². The first-order valence-corrected chi connectivity index (χ1v) is 10.3. The first-order valence-electron chi connectivity index (χ1n) is 10.3. The topological polar surface area (TPSA) is 52.0 Å². The molecule has 0 unspecified atom stereocenters. The van der Waals surface area contributed by atoms with Crippen LogP contribution in [0.3, 0.4) is 0 Å². The number of carbonyl (C=O) groups is 1. The highest BCUT2D eigenvalue weighted by Gasteiger charge is 2.30. The van der Waals surface area contributed by atoms with E-state index in [1.54, 1.807) is 48.7 Å². The molecule has 0 N–H and O–H groups in total. The van der Waals surface area contributed by atoms with E-state index in [4.69, 9.17) is 0 Å². The third kappa shape index (κ3) is 4.44. The number of fused-ring (bicyclic) bond motifs is 1. The fourth-order valence-electron chi connectivity index (χ4n) is 3.90. The zero-order valence-corrected chi connectivity index (χ0v) is 18.3. The Bertz CT molecular complexity index is 1450. The van der Waals surface area contributed by atoms with Gasteiger partial charge in [-0.15, -0.1) is 0 Å². The van der Waals surface area contributed by atoms with Gasteiger partial charge in [-0.3, -0.25) is 9.59 Å². The Labute approximate surface area is 188 Å². The quantitative estimate of drug-likeness (QED) is 0.379. The van der Waals surface area contributed by atoms with Crippen LogP contribution in [-0.2, 0) is 12.7 Å². The average Bonchev–Trinajstić information content (AvgIpc) is 2.75. The van der Waals surface area contributed by atoms with Crippen molar-refractivity contribution in [3.63, 3.8) is 0 Å². The van der Waals surface area contributed by atoms with E-state index < -0.39 is 23.0 Å². The Balaban J connectivity index is 1.89. The number of hydrogen-bond donors (Lipinski definition) is 0. The van der Waals surface area contributed by atoms with Gasteiger partial charge in [-0.1, -0.05) is 35.9 Å². The molecule has 4 nitrogen and oxygen atoms in total. The van der Waals surface area contributed by atoms with Gasteiger partial charge < -0.3 is 4.57 Å². The van der Waals surface area contributed by atoms with E-state index >= 15 is 0 Å². The summed E-state index contributed by atoms with van der Waals surface area (Å²) in [7, 11) is 0. The standard InChI is InChI=1S/C26H21F3N2O2/c1-15-7-9-20(16(2)11-15)23(32)22-14-31(25-21(24(22)33)10-8-17(3)30-25)13-18-5-4-6-19(12-18)26(27,28)29/h4-12,14H,13H2,1-3H3. The number of alkyl halides is 3. The van der Waals surface area contributed by atoms with Crippen LogP contribution in [0.15, 0.2) is 65.6 Å². The molecule has 4 aromatic rings. The lowest BCUT2D eigenvalue weighted by Crippen LogP contribution is -2.21. The Hall–Kier alpha value is -3.74. The zero-order chi connectivity index (χ0) is 23.9. The van der Waals surface area contributed by atoms with E-state index in [0.29, 0.717) is 22.5 Å². The number of ketones is 1. The second-order valence-corrected chi connectivity index (χ2v) is 8.17. The maximum Gasteiger partial charge on any atom is 0.416 e. The molecule has 0 aliphatic carbocycles. The van der Waals surface area contributed by atoms with Crippen LogP contribution in [0.2, 0.25) is 0 Å². The molecule has 168 valence electrons. The molecule has 0 radical (unpaired) electrons. The highest BCUT2D eigenvalue weighted by Crippen LogP contribution is 2.30. The van der Waals surface area contributed by atoms with Crippen LogP contribution in [0.5, 0.6) is 0 Å². The van der Waals surface area contributed by atoms with Gasteiger partial charge in [0.25, 0.3) is 0 Å². The number of benzene rings is 2. The summed E-state index contributed by atoms with van der Waals surface area (Å²) in [5.41, 5.74) is 2.21. The predicted octanol–water partition coefficient (Wildman–Crippen LogP) is 5.62. The Morgan fingerprint density at radius 1 is 0.970 bits per heavy atom. The van der Waals surface area contributed by atoms with Crippen LogP contribution in [0.1, 0.15) is 43.9 Å². The first-order chi connectivity index (χ1) is 15.5. The van der Waals surface area contributed by atoms with Gasteiger partial charge in [-0.2, -0.15) is 13.2 Å².